The van der Waals surface area contributed by atoms with Gasteiger partial charge in [0.1, 0.15) is 34.8 Å². The number of anilines is 2. The molecular weight excluding hydrogens is 623 g/mol. The van der Waals surface area contributed by atoms with E-state index in [-0.39, 0.29) is 42.0 Å². The molecular formula is C34H37FN6O7. The molecule has 4 heterocycles. The fourth-order valence-electron chi connectivity index (χ4n) is 6.37. The van der Waals surface area contributed by atoms with Crippen LogP contribution in [0.25, 0.3) is 11.1 Å². The highest BCUT2D eigenvalue weighted by atomic mass is 19.1. The molecule has 3 aromatic rings. The zero-order chi connectivity index (χ0) is 34.6. The Hall–Kier alpha value is -5.19. The van der Waals surface area contributed by atoms with Crippen LogP contribution >= 0.6 is 0 Å². The molecule has 4 atom stereocenters. The van der Waals surface area contributed by atoms with Crippen molar-refractivity contribution in [1.82, 2.24) is 15.0 Å². The Morgan fingerprint density at radius 2 is 1.77 bits per heavy atom. The lowest BCUT2D eigenvalue weighted by atomic mass is 9.95. The summed E-state index contributed by atoms with van der Waals surface area (Å²) in [4.78, 5) is 46.9. The second kappa shape index (κ2) is 11.8. The van der Waals surface area contributed by atoms with Crippen molar-refractivity contribution in [2.24, 2.45) is 11.8 Å². The van der Waals surface area contributed by atoms with Gasteiger partial charge in [0.2, 0.25) is 0 Å². The Labute approximate surface area is 277 Å². The SMILES string of the molecule is CC(C)(C)OC(=O)N1C[C@@H]2[C@H](C1)[C@@]2(C#N)c1ccc(-c2ccc(N3C[C@H](CN(C(=O)OC(C)(C)C)c4ccon4)OC3=O)cc2F)cn1. The Kier molecular flexibility index (Phi) is 8.05. The minimum Gasteiger partial charge on any atom is -0.444 e. The largest absolute Gasteiger partial charge is 0.444 e. The van der Waals surface area contributed by atoms with Crippen molar-refractivity contribution in [3.05, 3.63) is 60.4 Å². The molecule has 2 aromatic heterocycles. The predicted molar refractivity (Wildman–Crippen MR) is 169 cm³/mol. The average Bonchev–Trinajstić information content (AvgIpc) is 3.52. The van der Waals surface area contributed by atoms with Gasteiger partial charge >= 0.3 is 18.3 Å². The summed E-state index contributed by atoms with van der Waals surface area (Å²) in [5.74, 6) is -0.495. The highest BCUT2D eigenvalue weighted by molar-refractivity contribution is 5.91. The van der Waals surface area contributed by atoms with E-state index in [0.29, 0.717) is 24.3 Å². The van der Waals surface area contributed by atoms with Crippen LogP contribution in [0, 0.1) is 29.0 Å². The molecule has 0 unspecified atom stereocenters. The highest BCUT2D eigenvalue weighted by Crippen LogP contribution is 2.63. The molecule has 3 fully saturated rings. The molecule has 0 N–H and O–H groups in total. The number of ether oxygens (including phenoxy) is 3. The summed E-state index contributed by atoms with van der Waals surface area (Å²) in [6.07, 6.45) is 0.315. The van der Waals surface area contributed by atoms with Gasteiger partial charge in [-0.1, -0.05) is 11.2 Å². The van der Waals surface area contributed by atoms with Gasteiger partial charge in [-0.3, -0.25) is 14.8 Å². The number of nitrogens with zero attached hydrogens (tertiary/aromatic N) is 6. The van der Waals surface area contributed by atoms with Gasteiger partial charge in [-0.05, 0) is 65.8 Å². The van der Waals surface area contributed by atoms with Crippen molar-refractivity contribution in [1.29, 1.82) is 5.26 Å². The van der Waals surface area contributed by atoms with E-state index in [1.165, 1.54) is 34.4 Å². The summed E-state index contributed by atoms with van der Waals surface area (Å²) in [7, 11) is 0. The van der Waals surface area contributed by atoms with E-state index >= 15 is 4.39 Å². The first-order valence-electron chi connectivity index (χ1n) is 15.6. The molecule has 0 radical (unpaired) electrons. The molecule has 1 aliphatic carbocycles. The molecule has 0 spiro atoms. The Morgan fingerprint density at radius 3 is 2.33 bits per heavy atom. The first kappa shape index (κ1) is 32.7. The van der Waals surface area contributed by atoms with E-state index < -0.39 is 46.8 Å². The number of hydrogen-bond donors (Lipinski definition) is 0. The number of pyridine rings is 1. The third kappa shape index (κ3) is 6.24. The standard InChI is InChI=1S/C34H37FN6O7/c1-32(2,3)47-29(42)39-17-24-25(18-39)34(24,19-36)27-10-7-20(14-37-27)23-9-8-21(13-26(23)35)40-15-22(46-30(40)43)16-41(28-11-12-45-38-28)31(44)48-33(4,5)6/h7-14,22,24-25H,15-18H2,1-6H3/t22-,24-,25+,34+/m1/s1. The molecule has 3 amide bonds. The number of halogens is 1. The van der Waals surface area contributed by atoms with Crippen LogP contribution in [0.4, 0.5) is 30.3 Å². The number of piperidine rings is 1. The molecule has 1 saturated carbocycles. The second-order valence-corrected chi connectivity index (χ2v) is 14.2. The first-order valence-corrected chi connectivity index (χ1v) is 15.6. The number of amides is 3. The van der Waals surface area contributed by atoms with E-state index in [2.05, 4.69) is 16.2 Å². The molecule has 2 aliphatic heterocycles. The van der Waals surface area contributed by atoms with Crippen molar-refractivity contribution in [3.63, 3.8) is 0 Å². The van der Waals surface area contributed by atoms with Gasteiger partial charge < -0.3 is 23.6 Å². The van der Waals surface area contributed by atoms with Crippen molar-refractivity contribution in [2.75, 3.05) is 36.0 Å². The minimum atomic E-state index is -0.807. The van der Waals surface area contributed by atoms with Crippen LogP contribution in [-0.2, 0) is 19.6 Å². The van der Waals surface area contributed by atoms with E-state index in [0.717, 1.165) is 0 Å². The van der Waals surface area contributed by atoms with Gasteiger partial charge in [0.25, 0.3) is 0 Å². The number of nitriles is 1. The van der Waals surface area contributed by atoms with E-state index in [4.69, 9.17) is 18.7 Å². The smallest absolute Gasteiger partial charge is 0.416 e. The lowest BCUT2D eigenvalue weighted by Crippen LogP contribution is -2.42. The number of benzene rings is 1. The van der Waals surface area contributed by atoms with Crippen molar-refractivity contribution in [2.45, 2.75) is 64.3 Å². The first-order chi connectivity index (χ1) is 22.6. The summed E-state index contributed by atoms with van der Waals surface area (Å²) >= 11 is 0. The van der Waals surface area contributed by atoms with Crippen molar-refractivity contribution >= 4 is 29.8 Å². The number of fused-ring (bicyclic) bond motifs is 1. The van der Waals surface area contributed by atoms with E-state index in [1.807, 2.05) is 20.8 Å². The molecule has 6 rings (SSSR count). The predicted octanol–water partition coefficient (Wildman–Crippen LogP) is 5.90. The number of likely N-dealkylation sites (tertiary alicyclic amines) is 1. The Balaban J connectivity index is 1.12. The number of carbonyl (C=O) groups is 3. The zero-order valence-corrected chi connectivity index (χ0v) is 27.6. The van der Waals surface area contributed by atoms with Gasteiger partial charge in [0.15, 0.2) is 5.82 Å². The molecule has 2 saturated heterocycles. The number of hydrogen-bond acceptors (Lipinski definition) is 10. The van der Waals surface area contributed by atoms with Crippen LogP contribution in [0.15, 0.2) is 53.4 Å². The number of rotatable bonds is 6. The van der Waals surface area contributed by atoms with Crippen molar-refractivity contribution < 1.29 is 37.5 Å². The Bertz CT molecular complexity index is 1750. The zero-order valence-electron chi connectivity index (χ0n) is 27.6. The summed E-state index contributed by atoms with van der Waals surface area (Å²) in [5, 5.41) is 14.0. The molecule has 14 heteroatoms. The normalized spacial score (nSPS) is 23.3. The van der Waals surface area contributed by atoms with E-state index in [1.54, 1.807) is 49.9 Å². The van der Waals surface area contributed by atoms with Crippen LogP contribution in [0.5, 0.6) is 0 Å². The average molecular weight is 661 g/mol. The van der Waals surface area contributed by atoms with Gasteiger partial charge in [-0.25, -0.2) is 18.8 Å². The fraction of sp³-hybridized carbons (Fsp3) is 0.471. The second-order valence-electron chi connectivity index (χ2n) is 14.2. The number of carbonyl (C=O) groups excluding carboxylic acids is 3. The topological polar surface area (TPSA) is 151 Å². The van der Waals surface area contributed by atoms with Gasteiger partial charge in [-0.15, -0.1) is 0 Å². The maximum Gasteiger partial charge on any atom is 0.416 e. The van der Waals surface area contributed by atoms with Crippen LogP contribution in [0.2, 0.25) is 0 Å². The third-order valence-electron chi connectivity index (χ3n) is 8.55. The molecule has 0 bridgehead atoms. The van der Waals surface area contributed by atoms with Gasteiger partial charge in [0, 0.05) is 48.3 Å². The summed E-state index contributed by atoms with van der Waals surface area (Å²) in [6, 6.07) is 11.8. The summed E-state index contributed by atoms with van der Waals surface area (Å²) in [5.41, 5.74) is -0.554. The maximum atomic E-state index is 15.5. The third-order valence-corrected chi connectivity index (χ3v) is 8.55. The summed E-state index contributed by atoms with van der Waals surface area (Å²) in [6.45, 7) is 11.4. The highest BCUT2D eigenvalue weighted by Gasteiger charge is 2.71. The Morgan fingerprint density at radius 1 is 1.06 bits per heavy atom. The number of aromatic nitrogens is 2. The van der Waals surface area contributed by atoms with Crippen LogP contribution in [0.3, 0.4) is 0 Å². The quantitative estimate of drug-likeness (QED) is 0.292. The fourth-order valence-corrected chi connectivity index (χ4v) is 6.37. The van der Waals surface area contributed by atoms with Crippen LogP contribution in [-0.4, -0.2) is 76.8 Å². The maximum absolute atomic E-state index is 15.5. The lowest BCUT2D eigenvalue weighted by molar-refractivity contribution is 0.0265. The van der Waals surface area contributed by atoms with Gasteiger partial charge in [0.05, 0.1) is 30.5 Å². The lowest BCUT2D eigenvalue weighted by Gasteiger charge is -2.27. The monoisotopic (exact) mass is 660 g/mol. The molecule has 48 heavy (non-hydrogen) atoms. The van der Waals surface area contributed by atoms with Crippen molar-refractivity contribution in [3.8, 4) is 17.2 Å². The van der Waals surface area contributed by atoms with E-state index in [9.17, 15) is 19.6 Å². The van der Waals surface area contributed by atoms with Gasteiger partial charge in [-0.2, -0.15) is 5.26 Å². The summed E-state index contributed by atoms with van der Waals surface area (Å²) < 4.78 is 36.9. The number of cyclic esters (lactones) is 1. The minimum absolute atomic E-state index is 0.0505. The molecule has 13 nitrogen and oxygen atoms in total. The van der Waals surface area contributed by atoms with Crippen LogP contribution in [0.1, 0.15) is 47.2 Å². The molecule has 252 valence electrons. The molecule has 3 aliphatic rings. The molecule has 1 aromatic carbocycles. The van der Waals surface area contributed by atoms with Crippen LogP contribution < -0.4 is 9.80 Å².